The summed E-state index contributed by atoms with van der Waals surface area (Å²) in [6.45, 7) is 1.96. The van der Waals surface area contributed by atoms with Crippen molar-refractivity contribution in [3.8, 4) is 22.4 Å². The molecule has 6 nitrogen and oxygen atoms in total. The first-order valence-electron chi connectivity index (χ1n) is 10.3. The monoisotopic (exact) mass is 427 g/mol. The van der Waals surface area contributed by atoms with Crippen molar-refractivity contribution in [3.63, 3.8) is 0 Å². The smallest absolute Gasteiger partial charge is 0.165 e. The molecule has 154 valence electrons. The summed E-state index contributed by atoms with van der Waals surface area (Å²) in [5.41, 5.74) is 13.7. The maximum atomic E-state index is 9.71. The second-order valence-corrected chi connectivity index (χ2v) is 9.20. The fraction of sp³-hybridized carbons (Fsp3) is 0.208. The minimum atomic E-state index is -0.435. The predicted molar refractivity (Wildman–Crippen MR) is 123 cm³/mol. The van der Waals surface area contributed by atoms with Gasteiger partial charge in [0.15, 0.2) is 11.3 Å². The van der Waals surface area contributed by atoms with Crippen molar-refractivity contribution in [2.45, 2.75) is 31.4 Å². The largest absolute Gasteiger partial charge is 0.393 e. The number of fused-ring (bicyclic) bond motifs is 3. The Balaban J connectivity index is 1.55. The highest BCUT2D eigenvalue weighted by Crippen LogP contribution is 2.40. The van der Waals surface area contributed by atoms with Gasteiger partial charge in [0.2, 0.25) is 0 Å². The highest BCUT2D eigenvalue weighted by Gasteiger charge is 2.41. The molecule has 0 amide bonds. The van der Waals surface area contributed by atoms with Crippen molar-refractivity contribution in [2.75, 3.05) is 0 Å². The normalized spacial score (nSPS) is 20.9. The molecule has 0 unspecified atom stereocenters. The van der Waals surface area contributed by atoms with Crippen LogP contribution in [-0.4, -0.2) is 30.8 Å². The molecule has 0 atom stereocenters. The first kappa shape index (κ1) is 18.6. The number of aliphatic hydroxyl groups is 1. The molecule has 1 aliphatic rings. The van der Waals surface area contributed by atoms with Crippen LogP contribution in [0.3, 0.4) is 0 Å². The Morgan fingerprint density at radius 3 is 2.65 bits per heavy atom. The van der Waals surface area contributed by atoms with Crippen LogP contribution in [0.5, 0.6) is 0 Å². The van der Waals surface area contributed by atoms with Crippen molar-refractivity contribution in [1.29, 1.82) is 0 Å². The lowest BCUT2D eigenvalue weighted by molar-refractivity contribution is 0.0209. The van der Waals surface area contributed by atoms with Crippen LogP contribution >= 0.6 is 11.3 Å². The highest BCUT2D eigenvalue weighted by molar-refractivity contribution is 7.08. The zero-order valence-electron chi connectivity index (χ0n) is 17.0. The topological polar surface area (TPSA) is 89.3 Å². The quantitative estimate of drug-likeness (QED) is 0.448. The Labute approximate surface area is 183 Å². The van der Waals surface area contributed by atoms with E-state index >= 15 is 0 Å². The van der Waals surface area contributed by atoms with E-state index in [2.05, 4.69) is 57.2 Å². The van der Waals surface area contributed by atoms with E-state index in [0.29, 0.717) is 12.8 Å². The molecule has 3 N–H and O–H groups in total. The summed E-state index contributed by atoms with van der Waals surface area (Å²) >= 11 is 1.67. The molecular weight excluding hydrogens is 406 g/mol. The van der Waals surface area contributed by atoms with Gasteiger partial charge in [0.05, 0.1) is 17.5 Å². The first-order valence-corrected chi connectivity index (χ1v) is 11.2. The zero-order chi connectivity index (χ0) is 21.2. The van der Waals surface area contributed by atoms with Crippen molar-refractivity contribution in [1.82, 2.24) is 19.6 Å². The number of rotatable bonds is 3. The lowest BCUT2D eigenvalue weighted by Crippen LogP contribution is -2.51. The summed E-state index contributed by atoms with van der Waals surface area (Å²) in [6, 6.07) is 14.5. The molecule has 1 aromatic carbocycles. The fourth-order valence-corrected chi connectivity index (χ4v) is 5.14. The van der Waals surface area contributed by atoms with Gasteiger partial charge in [-0.1, -0.05) is 24.3 Å². The highest BCUT2D eigenvalue weighted by atomic mass is 32.1. The molecule has 1 aliphatic carbocycles. The average Bonchev–Trinajstić information content (AvgIpc) is 3.41. The number of aliphatic hydroxyl groups excluding tert-OH is 1. The Morgan fingerprint density at radius 2 is 1.94 bits per heavy atom. The number of aromatic nitrogens is 4. The third kappa shape index (κ3) is 2.96. The van der Waals surface area contributed by atoms with Crippen LogP contribution in [0, 0.1) is 6.92 Å². The molecule has 0 bridgehead atoms. The molecule has 0 aliphatic heterocycles. The predicted octanol–water partition coefficient (Wildman–Crippen LogP) is 4.29. The van der Waals surface area contributed by atoms with Crippen LogP contribution in [0.15, 0.2) is 59.4 Å². The summed E-state index contributed by atoms with van der Waals surface area (Å²) in [5.74, 6) is 0. The summed E-state index contributed by atoms with van der Waals surface area (Å²) in [5, 5.41) is 19.5. The molecule has 6 rings (SSSR count). The Bertz CT molecular complexity index is 1420. The number of hydrogen-bond acceptors (Lipinski definition) is 6. The van der Waals surface area contributed by atoms with E-state index in [1.807, 2.05) is 23.7 Å². The second-order valence-electron chi connectivity index (χ2n) is 8.42. The molecule has 4 heterocycles. The molecule has 5 aromatic rings. The third-order valence-electron chi connectivity index (χ3n) is 6.15. The number of aryl methyl sites for hydroxylation is 1. The van der Waals surface area contributed by atoms with E-state index < -0.39 is 5.54 Å². The summed E-state index contributed by atoms with van der Waals surface area (Å²) < 4.78 is 1.81. The Hall–Kier alpha value is -3.13. The standard InChI is InChI=1S/C24H21N5OS/c1-14-8-21-26-12-17-9-20(16-6-7-31-13-16)22(27-23(17)29(21)28-14)15-2-4-18(5-3-15)24(25)10-19(30)11-24/h2-9,12-13,19,30H,10-11,25H2,1H3/t19-,24-. The van der Waals surface area contributed by atoms with Crippen molar-refractivity contribution < 1.29 is 5.11 Å². The summed E-state index contributed by atoms with van der Waals surface area (Å²) in [7, 11) is 0. The number of benzene rings is 1. The van der Waals surface area contributed by atoms with Crippen molar-refractivity contribution >= 4 is 28.0 Å². The molecule has 0 radical (unpaired) electrons. The van der Waals surface area contributed by atoms with E-state index in [0.717, 1.165) is 50.3 Å². The van der Waals surface area contributed by atoms with Gasteiger partial charge in [-0.05, 0) is 53.8 Å². The van der Waals surface area contributed by atoms with E-state index in [1.54, 1.807) is 11.3 Å². The van der Waals surface area contributed by atoms with Gasteiger partial charge in [0, 0.05) is 34.3 Å². The number of pyridine rings is 1. The van der Waals surface area contributed by atoms with Gasteiger partial charge in [-0.15, -0.1) is 0 Å². The van der Waals surface area contributed by atoms with Crippen LogP contribution in [0.1, 0.15) is 24.1 Å². The van der Waals surface area contributed by atoms with Crippen LogP contribution in [-0.2, 0) is 5.54 Å². The molecule has 1 saturated carbocycles. The second kappa shape index (κ2) is 6.68. The minimum absolute atomic E-state index is 0.300. The van der Waals surface area contributed by atoms with Gasteiger partial charge in [0.25, 0.3) is 0 Å². The molecule has 7 heteroatoms. The maximum Gasteiger partial charge on any atom is 0.165 e. The van der Waals surface area contributed by atoms with E-state index in [-0.39, 0.29) is 6.10 Å². The van der Waals surface area contributed by atoms with E-state index in [1.165, 1.54) is 0 Å². The summed E-state index contributed by atoms with van der Waals surface area (Å²) in [6.07, 6.45) is 2.77. The maximum absolute atomic E-state index is 9.71. The van der Waals surface area contributed by atoms with Gasteiger partial charge < -0.3 is 10.8 Å². The molecule has 0 saturated heterocycles. The van der Waals surface area contributed by atoms with Gasteiger partial charge in [-0.25, -0.2) is 9.97 Å². The summed E-state index contributed by atoms with van der Waals surface area (Å²) in [4.78, 5) is 9.62. The van der Waals surface area contributed by atoms with Gasteiger partial charge in [-0.2, -0.15) is 21.0 Å². The molecule has 31 heavy (non-hydrogen) atoms. The number of nitrogens with two attached hydrogens (primary N) is 1. The zero-order valence-corrected chi connectivity index (χ0v) is 17.8. The average molecular weight is 428 g/mol. The third-order valence-corrected chi connectivity index (χ3v) is 6.83. The van der Waals surface area contributed by atoms with Crippen LogP contribution in [0.2, 0.25) is 0 Å². The first-order chi connectivity index (χ1) is 15.0. The van der Waals surface area contributed by atoms with E-state index in [9.17, 15) is 5.11 Å². The SMILES string of the molecule is Cc1cc2ncc3cc(-c4ccsc4)c(-c4ccc([C@]5(N)C[C@H](O)C5)cc4)nc3n2n1. The van der Waals surface area contributed by atoms with Gasteiger partial charge in [-0.3, -0.25) is 0 Å². The van der Waals surface area contributed by atoms with Gasteiger partial charge >= 0.3 is 0 Å². The molecule has 0 spiro atoms. The van der Waals surface area contributed by atoms with Crippen LogP contribution in [0.25, 0.3) is 39.1 Å². The van der Waals surface area contributed by atoms with Crippen molar-refractivity contribution in [3.05, 3.63) is 70.7 Å². The van der Waals surface area contributed by atoms with Crippen molar-refractivity contribution in [2.24, 2.45) is 5.73 Å². The Morgan fingerprint density at radius 1 is 1.13 bits per heavy atom. The fourth-order valence-electron chi connectivity index (χ4n) is 4.49. The molecule has 4 aromatic heterocycles. The number of thiophene rings is 1. The van der Waals surface area contributed by atoms with Crippen LogP contribution < -0.4 is 5.73 Å². The van der Waals surface area contributed by atoms with E-state index in [4.69, 9.17) is 10.7 Å². The van der Waals surface area contributed by atoms with Crippen LogP contribution in [0.4, 0.5) is 0 Å². The number of hydrogen-bond donors (Lipinski definition) is 2. The molecule has 1 fully saturated rings. The molecular formula is C24H21N5OS. The Kier molecular flexibility index (Phi) is 4.02. The lowest BCUT2D eigenvalue weighted by Gasteiger charge is -2.42. The minimum Gasteiger partial charge on any atom is -0.393 e. The van der Waals surface area contributed by atoms with Gasteiger partial charge in [0.1, 0.15) is 0 Å². The lowest BCUT2D eigenvalue weighted by atomic mass is 9.70. The number of nitrogens with zero attached hydrogens (tertiary/aromatic N) is 4.